The first-order chi connectivity index (χ1) is 23.2. The van der Waals surface area contributed by atoms with Crippen LogP contribution in [0, 0.1) is 0 Å². The summed E-state index contributed by atoms with van der Waals surface area (Å²) in [6.45, 7) is -0.456. The summed E-state index contributed by atoms with van der Waals surface area (Å²) >= 11 is 1.11. The molecule has 48 heavy (non-hydrogen) atoms. The van der Waals surface area contributed by atoms with E-state index in [2.05, 4.69) is 15.1 Å². The molecule has 6 rings (SSSR count). The van der Waals surface area contributed by atoms with Crippen LogP contribution in [-0.2, 0) is 18.9 Å². The van der Waals surface area contributed by atoms with Gasteiger partial charge in [0.1, 0.15) is 18.1 Å². The van der Waals surface area contributed by atoms with Gasteiger partial charge < -0.3 is 29.7 Å². The molecule has 1 fully saturated rings. The van der Waals surface area contributed by atoms with E-state index < -0.39 is 66.2 Å². The molecule has 244 valence electrons. The first-order valence-electron chi connectivity index (χ1n) is 14.5. The predicted molar refractivity (Wildman–Crippen MR) is 170 cm³/mol. The number of primary amides is 1. The zero-order valence-electron chi connectivity index (χ0n) is 25.2. The lowest BCUT2D eigenvalue weighted by Gasteiger charge is -2.24. The van der Waals surface area contributed by atoms with Gasteiger partial charge in [0.15, 0.2) is 34.9 Å². The number of thioether (sulfide) groups is 1. The van der Waals surface area contributed by atoms with Crippen molar-refractivity contribution in [2.24, 2.45) is 5.73 Å². The monoisotopic (exact) mass is 669 g/mol. The fourth-order valence-electron chi connectivity index (χ4n) is 5.13. The summed E-state index contributed by atoms with van der Waals surface area (Å²) in [4.78, 5) is 72.3. The van der Waals surface area contributed by atoms with Gasteiger partial charge in [-0.1, -0.05) is 66.4 Å². The summed E-state index contributed by atoms with van der Waals surface area (Å²) in [6, 6.07) is 24.3. The molecule has 1 saturated heterocycles. The average Bonchev–Trinajstić information content (AvgIpc) is 3.66. The molecule has 3 N–H and O–H groups in total. The second kappa shape index (κ2) is 13.9. The van der Waals surface area contributed by atoms with E-state index in [0.717, 1.165) is 16.4 Å². The van der Waals surface area contributed by atoms with Gasteiger partial charge in [-0.25, -0.2) is 24.0 Å². The van der Waals surface area contributed by atoms with Gasteiger partial charge >= 0.3 is 17.9 Å². The molecule has 3 heterocycles. The van der Waals surface area contributed by atoms with Gasteiger partial charge in [-0.05, 0) is 42.7 Å². The minimum Gasteiger partial charge on any atom is -0.459 e. The zero-order valence-corrected chi connectivity index (χ0v) is 26.0. The number of carbonyl (C=O) groups is 4. The lowest BCUT2D eigenvalue weighted by atomic mass is 10.1. The highest BCUT2D eigenvalue weighted by Gasteiger charge is 2.52. The molecule has 1 amide bonds. The third-order valence-electron chi connectivity index (χ3n) is 7.39. The van der Waals surface area contributed by atoms with Crippen LogP contribution in [0.25, 0.3) is 11.0 Å². The highest BCUT2D eigenvalue weighted by atomic mass is 32.2. The predicted octanol–water partition coefficient (Wildman–Crippen LogP) is 3.15. The first-order valence-corrected chi connectivity index (χ1v) is 15.7. The van der Waals surface area contributed by atoms with Crippen molar-refractivity contribution in [3.63, 3.8) is 0 Å². The fraction of sp³-hybridized carbons (Fsp3) is 0.182. The largest absolute Gasteiger partial charge is 0.459 e. The van der Waals surface area contributed by atoms with Crippen LogP contribution < -0.4 is 11.3 Å². The van der Waals surface area contributed by atoms with E-state index in [-0.39, 0.29) is 32.9 Å². The highest BCUT2D eigenvalue weighted by Crippen LogP contribution is 2.37. The van der Waals surface area contributed by atoms with Gasteiger partial charge in [-0.2, -0.15) is 5.10 Å². The number of nitrogens with zero attached hydrogens (tertiary/aromatic N) is 3. The maximum atomic E-state index is 13.5. The summed E-state index contributed by atoms with van der Waals surface area (Å²) in [7, 11) is 0. The van der Waals surface area contributed by atoms with Crippen LogP contribution in [0.3, 0.4) is 0 Å². The summed E-state index contributed by atoms with van der Waals surface area (Å²) in [6.07, 6.45) is -3.87. The number of hydrogen-bond donors (Lipinski definition) is 2. The molecular formula is C33H27N5O9S. The van der Waals surface area contributed by atoms with Gasteiger partial charge in [0, 0.05) is 0 Å². The van der Waals surface area contributed by atoms with E-state index in [1.165, 1.54) is 24.3 Å². The molecule has 1 aliphatic heterocycles. The summed E-state index contributed by atoms with van der Waals surface area (Å²) < 4.78 is 24.8. The second-order valence-corrected chi connectivity index (χ2v) is 11.2. The number of aromatic amines is 1. The number of hydrogen-bond acceptors (Lipinski definition) is 12. The Labute approximate surface area is 276 Å². The van der Waals surface area contributed by atoms with Gasteiger partial charge in [-0.3, -0.25) is 9.59 Å². The number of nitrogens with two attached hydrogens (primary N) is 1. The molecular weight excluding hydrogens is 642 g/mol. The summed E-state index contributed by atoms with van der Waals surface area (Å²) in [5.74, 6) is -3.31. The molecule has 3 aromatic carbocycles. The van der Waals surface area contributed by atoms with Crippen LogP contribution in [0.5, 0.6) is 0 Å². The lowest BCUT2D eigenvalue weighted by molar-refractivity contribution is -0.0655. The molecule has 0 aliphatic carbocycles. The Morgan fingerprint density at radius 1 is 0.833 bits per heavy atom. The van der Waals surface area contributed by atoms with Gasteiger partial charge in [0.2, 0.25) is 0 Å². The van der Waals surface area contributed by atoms with Crippen molar-refractivity contribution < 1.29 is 38.1 Å². The Bertz CT molecular complexity index is 2040. The highest BCUT2D eigenvalue weighted by molar-refractivity contribution is 7.98. The molecule has 0 radical (unpaired) electrons. The molecule has 2 aromatic heterocycles. The van der Waals surface area contributed by atoms with E-state index >= 15 is 0 Å². The Balaban J connectivity index is 1.45. The Morgan fingerprint density at radius 2 is 1.35 bits per heavy atom. The van der Waals surface area contributed by atoms with E-state index in [1.807, 2.05) is 0 Å². The van der Waals surface area contributed by atoms with Crippen LogP contribution in [0.2, 0.25) is 0 Å². The number of fused-ring (bicyclic) bond motifs is 1. The first kappa shape index (κ1) is 32.2. The molecule has 14 nitrogen and oxygen atoms in total. The molecule has 1 aliphatic rings. The summed E-state index contributed by atoms with van der Waals surface area (Å²) in [5.41, 5.74) is 4.98. The number of amides is 1. The molecule has 4 atom stereocenters. The Morgan fingerprint density at radius 3 is 1.88 bits per heavy atom. The Kier molecular flexibility index (Phi) is 9.31. The zero-order chi connectivity index (χ0) is 33.8. The average molecular weight is 670 g/mol. The van der Waals surface area contributed by atoms with Gasteiger partial charge in [0.05, 0.1) is 16.7 Å². The number of rotatable bonds is 10. The van der Waals surface area contributed by atoms with Crippen LogP contribution in [-0.4, -0.2) is 74.7 Å². The van der Waals surface area contributed by atoms with Crippen molar-refractivity contribution in [2.45, 2.75) is 29.7 Å². The quantitative estimate of drug-likeness (QED) is 0.0956. The van der Waals surface area contributed by atoms with E-state index in [1.54, 1.807) is 73.0 Å². The van der Waals surface area contributed by atoms with Crippen LogP contribution in [0.15, 0.2) is 101 Å². The smallest absolute Gasteiger partial charge is 0.338 e. The van der Waals surface area contributed by atoms with Crippen molar-refractivity contribution in [3.05, 3.63) is 124 Å². The standard InChI is InChI=1S/C33H27N5O9S/c1-48-33-35-27-22(28(40)36-33)23(26(34)39)37-38(27)29-25(47-32(43)20-15-9-4-10-16-20)24(46-31(42)19-13-7-3-8-14-19)21(45-29)17-44-30(41)18-11-5-2-6-12-18/h2-16,21,24-25,29H,17H2,1H3,(H2,34,39)(H,35,36,40). The van der Waals surface area contributed by atoms with E-state index in [4.69, 9.17) is 24.7 Å². The number of benzene rings is 3. The molecule has 0 bridgehead atoms. The minimum absolute atomic E-state index is 0.113. The second-order valence-electron chi connectivity index (χ2n) is 10.4. The normalized spacial score (nSPS) is 18.7. The van der Waals surface area contributed by atoms with Crippen LogP contribution in [0.4, 0.5) is 0 Å². The lowest BCUT2D eigenvalue weighted by Crippen LogP contribution is -2.41. The van der Waals surface area contributed by atoms with Crippen molar-refractivity contribution in [1.82, 2.24) is 19.7 Å². The van der Waals surface area contributed by atoms with Crippen LogP contribution in [0.1, 0.15) is 47.8 Å². The molecule has 0 saturated carbocycles. The molecule has 4 unspecified atom stereocenters. The maximum Gasteiger partial charge on any atom is 0.338 e. The molecule has 5 aromatic rings. The van der Waals surface area contributed by atoms with Crippen molar-refractivity contribution >= 4 is 46.6 Å². The van der Waals surface area contributed by atoms with Crippen molar-refractivity contribution in [2.75, 3.05) is 12.9 Å². The Hall–Kier alpha value is -5.80. The molecule has 15 heteroatoms. The number of ether oxygens (including phenoxy) is 4. The topological polar surface area (TPSA) is 195 Å². The summed E-state index contributed by atoms with van der Waals surface area (Å²) in [5, 5.41) is 4.23. The molecule has 0 spiro atoms. The third kappa shape index (κ3) is 6.54. The number of H-pyrrole nitrogens is 1. The van der Waals surface area contributed by atoms with E-state index in [0.29, 0.717) is 0 Å². The number of nitrogens with one attached hydrogen (secondary N) is 1. The number of esters is 3. The van der Waals surface area contributed by atoms with Crippen molar-refractivity contribution in [1.29, 1.82) is 0 Å². The van der Waals surface area contributed by atoms with E-state index in [9.17, 15) is 24.0 Å². The SMILES string of the molecule is CSc1nc2c(c(C(N)=O)nn2C2OC(COC(=O)c3ccccc3)C(OC(=O)c3ccccc3)C2OC(=O)c2ccccc2)c(=O)[nH]1. The van der Waals surface area contributed by atoms with Gasteiger partial charge in [0.25, 0.3) is 11.5 Å². The fourth-order valence-corrected chi connectivity index (χ4v) is 5.50. The maximum absolute atomic E-state index is 13.5. The van der Waals surface area contributed by atoms with Crippen LogP contribution >= 0.6 is 11.8 Å². The third-order valence-corrected chi connectivity index (χ3v) is 7.97. The number of carbonyl (C=O) groups excluding carboxylic acids is 4. The van der Waals surface area contributed by atoms with Gasteiger partial charge in [-0.15, -0.1) is 0 Å². The number of aromatic nitrogens is 4. The minimum atomic E-state index is -1.46. The van der Waals surface area contributed by atoms with Crippen molar-refractivity contribution in [3.8, 4) is 0 Å².